The molecule has 0 unspecified atom stereocenters. The van der Waals surface area contributed by atoms with Crippen LogP contribution in [-0.4, -0.2) is 56.6 Å². The van der Waals surface area contributed by atoms with E-state index in [1.165, 1.54) is 12.2 Å². The summed E-state index contributed by atoms with van der Waals surface area (Å²) in [5.41, 5.74) is 0.943. The molecular formula is C31H37NO7. The predicted octanol–water partition coefficient (Wildman–Crippen LogP) is 4.10. The second kappa shape index (κ2) is 13.7. The second-order valence-electron chi connectivity index (χ2n) is 9.46. The van der Waals surface area contributed by atoms with Gasteiger partial charge in [-0.2, -0.15) is 0 Å². The highest BCUT2D eigenvalue weighted by atomic mass is 16.5. The van der Waals surface area contributed by atoms with Crippen molar-refractivity contribution in [3.63, 3.8) is 0 Å². The Balaban J connectivity index is 2.03. The van der Waals surface area contributed by atoms with Gasteiger partial charge in [-0.1, -0.05) is 61.7 Å². The minimum absolute atomic E-state index is 0.00470. The van der Waals surface area contributed by atoms with E-state index in [0.717, 1.165) is 5.56 Å². The average Bonchev–Trinajstić information content (AvgIpc) is 2.94. The highest BCUT2D eigenvalue weighted by Gasteiger charge is 2.52. The zero-order chi connectivity index (χ0) is 28.4. The molecule has 0 radical (unpaired) electrons. The van der Waals surface area contributed by atoms with Crippen LogP contribution in [0.3, 0.4) is 0 Å². The van der Waals surface area contributed by atoms with E-state index >= 15 is 0 Å². The fourth-order valence-electron chi connectivity index (χ4n) is 4.93. The van der Waals surface area contributed by atoms with Crippen LogP contribution < -0.4 is 14.8 Å². The van der Waals surface area contributed by atoms with Crippen molar-refractivity contribution < 1.29 is 33.6 Å². The SMILES string of the molecule is C=CCOC(=O)C1=C(NCCc2ccc(OC)c(OC)c2)C[C@@](C)(O)[C@@H](C(=O)OCC=C)[C@@H]1c1ccccc1. The first kappa shape index (κ1) is 29.5. The summed E-state index contributed by atoms with van der Waals surface area (Å²) in [5, 5.41) is 15.0. The first-order valence-corrected chi connectivity index (χ1v) is 12.8. The summed E-state index contributed by atoms with van der Waals surface area (Å²) in [7, 11) is 3.16. The molecule has 8 heteroatoms. The molecule has 8 nitrogen and oxygen atoms in total. The third-order valence-electron chi connectivity index (χ3n) is 6.68. The Bertz CT molecular complexity index is 1200. The summed E-state index contributed by atoms with van der Waals surface area (Å²) in [6.45, 7) is 9.27. The zero-order valence-electron chi connectivity index (χ0n) is 22.8. The van der Waals surface area contributed by atoms with E-state index < -0.39 is 29.4 Å². The fourth-order valence-corrected chi connectivity index (χ4v) is 4.93. The lowest BCUT2D eigenvalue weighted by Gasteiger charge is -2.43. The van der Waals surface area contributed by atoms with Crippen LogP contribution in [0.4, 0.5) is 0 Å². The van der Waals surface area contributed by atoms with Crippen LogP contribution in [0, 0.1) is 5.92 Å². The summed E-state index contributed by atoms with van der Waals surface area (Å²) in [4.78, 5) is 26.8. The number of aliphatic hydroxyl groups is 1. The Hall–Kier alpha value is -4.04. The van der Waals surface area contributed by atoms with Crippen molar-refractivity contribution in [3.05, 3.63) is 96.2 Å². The molecule has 3 rings (SSSR count). The monoisotopic (exact) mass is 535 g/mol. The van der Waals surface area contributed by atoms with Gasteiger partial charge in [0.25, 0.3) is 0 Å². The van der Waals surface area contributed by atoms with E-state index in [0.29, 0.717) is 35.7 Å². The number of carbonyl (C=O) groups is 2. The standard InChI is InChI=1S/C31H37NO7/c1-6-17-38-29(33)27-23(32-16-15-21-13-14-24(36-4)25(19-21)37-5)20-31(3,35)28(30(34)39-18-7-2)26(27)22-11-9-8-10-12-22/h6-14,19,26,28,32,35H,1-2,15-18,20H2,3-5H3/t26-,28-,31-/m1/s1. The van der Waals surface area contributed by atoms with Gasteiger partial charge in [-0.05, 0) is 36.6 Å². The Morgan fingerprint density at radius 3 is 2.33 bits per heavy atom. The predicted molar refractivity (Wildman–Crippen MR) is 149 cm³/mol. The maximum atomic E-state index is 13.5. The number of carbonyl (C=O) groups excluding carboxylic acids is 2. The average molecular weight is 536 g/mol. The summed E-state index contributed by atoms with van der Waals surface area (Å²) < 4.78 is 21.6. The van der Waals surface area contributed by atoms with Crippen LogP contribution in [0.2, 0.25) is 0 Å². The molecule has 2 N–H and O–H groups in total. The minimum Gasteiger partial charge on any atom is -0.493 e. The van der Waals surface area contributed by atoms with Crippen LogP contribution >= 0.6 is 0 Å². The molecular weight excluding hydrogens is 498 g/mol. The number of nitrogens with one attached hydrogen (secondary N) is 1. The lowest BCUT2D eigenvalue weighted by Crippen LogP contribution is -2.50. The van der Waals surface area contributed by atoms with E-state index in [2.05, 4.69) is 18.5 Å². The molecule has 1 aliphatic carbocycles. The molecule has 2 aromatic carbocycles. The van der Waals surface area contributed by atoms with E-state index in [4.69, 9.17) is 18.9 Å². The van der Waals surface area contributed by atoms with Gasteiger partial charge in [-0.15, -0.1) is 0 Å². The molecule has 3 atom stereocenters. The van der Waals surface area contributed by atoms with Gasteiger partial charge >= 0.3 is 11.9 Å². The summed E-state index contributed by atoms with van der Waals surface area (Å²) in [5.74, 6) is -1.82. The normalized spacial score (nSPS) is 20.5. The molecule has 0 aromatic heterocycles. The maximum absolute atomic E-state index is 13.5. The fraction of sp³-hybridized carbons (Fsp3) is 0.355. The van der Waals surface area contributed by atoms with Gasteiger partial charge in [0.15, 0.2) is 11.5 Å². The van der Waals surface area contributed by atoms with Gasteiger partial charge in [0.2, 0.25) is 0 Å². The highest BCUT2D eigenvalue weighted by Crippen LogP contribution is 2.47. The van der Waals surface area contributed by atoms with Crippen LogP contribution in [0.15, 0.2) is 85.1 Å². The number of benzene rings is 2. The van der Waals surface area contributed by atoms with Crippen LogP contribution in [0.5, 0.6) is 11.5 Å². The molecule has 0 saturated carbocycles. The quantitative estimate of drug-likeness (QED) is 0.292. The zero-order valence-corrected chi connectivity index (χ0v) is 22.8. The number of hydrogen-bond acceptors (Lipinski definition) is 8. The molecule has 208 valence electrons. The van der Waals surface area contributed by atoms with Crippen molar-refractivity contribution in [2.45, 2.75) is 31.3 Å². The molecule has 2 aromatic rings. The summed E-state index contributed by atoms with van der Waals surface area (Å²) in [6.07, 6.45) is 3.56. The maximum Gasteiger partial charge on any atom is 0.336 e. The Kier molecular flexibility index (Phi) is 10.3. The first-order valence-electron chi connectivity index (χ1n) is 12.8. The van der Waals surface area contributed by atoms with E-state index in [-0.39, 0.29) is 25.2 Å². The van der Waals surface area contributed by atoms with Gasteiger partial charge in [-0.3, -0.25) is 4.79 Å². The summed E-state index contributed by atoms with van der Waals surface area (Å²) in [6, 6.07) is 14.8. The third-order valence-corrected chi connectivity index (χ3v) is 6.68. The van der Waals surface area contributed by atoms with Crippen molar-refractivity contribution in [2.75, 3.05) is 34.0 Å². The van der Waals surface area contributed by atoms with E-state index in [9.17, 15) is 14.7 Å². The number of esters is 2. The summed E-state index contributed by atoms with van der Waals surface area (Å²) >= 11 is 0. The number of methoxy groups -OCH3 is 2. The molecule has 0 aliphatic heterocycles. The number of ether oxygens (including phenoxy) is 4. The van der Waals surface area contributed by atoms with E-state index in [1.807, 2.05) is 48.5 Å². The molecule has 0 heterocycles. The molecule has 0 spiro atoms. The third kappa shape index (κ3) is 7.09. The first-order chi connectivity index (χ1) is 18.8. The van der Waals surface area contributed by atoms with Crippen molar-refractivity contribution in [3.8, 4) is 11.5 Å². The Morgan fingerprint density at radius 1 is 1.03 bits per heavy atom. The smallest absolute Gasteiger partial charge is 0.336 e. The minimum atomic E-state index is -1.52. The van der Waals surface area contributed by atoms with Crippen LogP contribution in [0.1, 0.15) is 30.4 Å². The van der Waals surface area contributed by atoms with Crippen molar-refractivity contribution in [1.29, 1.82) is 0 Å². The molecule has 0 bridgehead atoms. The van der Waals surface area contributed by atoms with Gasteiger partial charge in [0, 0.05) is 24.6 Å². The van der Waals surface area contributed by atoms with Crippen molar-refractivity contribution >= 4 is 11.9 Å². The van der Waals surface area contributed by atoms with Crippen molar-refractivity contribution in [1.82, 2.24) is 5.32 Å². The molecule has 0 amide bonds. The number of rotatable bonds is 13. The lowest BCUT2D eigenvalue weighted by atomic mass is 9.66. The van der Waals surface area contributed by atoms with Gasteiger partial charge in [-0.25, -0.2) is 4.79 Å². The second-order valence-corrected chi connectivity index (χ2v) is 9.46. The van der Waals surface area contributed by atoms with Gasteiger partial charge in [0.05, 0.1) is 31.3 Å². The topological polar surface area (TPSA) is 103 Å². The molecule has 0 fully saturated rings. The van der Waals surface area contributed by atoms with Crippen LogP contribution in [0.25, 0.3) is 0 Å². The molecule has 1 aliphatic rings. The lowest BCUT2D eigenvalue weighted by molar-refractivity contribution is -0.159. The largest absolute Gasteiger partial charge is 0.493 e. The molecule has 39 heavy (non-hydrogen) atoms. The van der Waals surface area contributed by atoms with Gasteiger partial charge < -0.3 is 29.4 Å². The van der Waals surface area contributed by atoms with Crippen molar-refractivity contribution in [2.24, 2.45) is 5.92 Å². The van der Waals surface area contributed by atoms with Gasteiger partial charge in [0.1, 0.15) is 13.2 Å². The van der Waals surface area contributed by atoms with Crippen LogP contribution in [-0.2, 0) is 25.5 Å². The number of hydrogen-bond donors (Lipinski definition) is 2. The Morgan fingerprint density at radius 2 is 1.69 bits per heavy atom. The highest BCUT2D eigenvalue weighted by molar-refractivity contribution is 5.94. The van der Waals surface area contributed by atoms with E-state index in [1.54, 1.807) is 21.1 Å². The molecule has 0 saturated heterocycles. The Labute approximate surface area is 229 Å².